The first kappa shape index (κ1) is 16.2. The highest BCUT2D eigenvalue weighted by atomic mass is 32.1. The van der Waals surface area contributed by atoms with Gasteiger partial charge >= 0.3 is 0 Å². The average Bonchev–Trinajstić information content (AvgIpc) is 3.25. The fourth-order valence-electron chi connectivity index (χ4n) is 2.84. The minimum Gasteiger partial charge on any atom is -0.325 e. The zero-order chi connectivity index (χ0) is 16.2. The number of benzene rings is 1. The number of hydrogen-bond acceptors (Lipinski definition) is 3. The van der Waals surface area contributed by atoms with Crippen molar-refractivity contribution in [1.29, 1.82) is 0 Å². The smallest absolute Gasteiger partial charge is 0.238 e. The van der Waals surface area contributed by atoms with E-state index in [2.05, 4.69) is 47.6 Å². The molecule has 0 aliphatic heterocycles. The number of rotatable bonds is 7. The Kier molecular flexibility index (Phi) is 5.13. The van der Waals surface area contributed by atoms with Gasteiger partial charge in [0, 0.05) is 23.2 Å². The largest absolute Gasteiger partial charge is 0.325 e. The van der Waals surface area contributed by atoms with Crippen LogP contribution in [0.25, 0.3) is 0 Å². The maximum atomic E-state index is 12.5. The van der Waals surface area contributed by atoms with E-state index >= 15 is 0 Å². The predicted molar refractivity (Wildman–Crippen MR) is 96.9 cm³/mol. The molecule has 1 aromatic heterocycles. The summed E-state index contributed by atoms with van der Waals surface area (Å²) in [6.45, 7) is 5.65. The van der Waals surface area contributed by atoms with Crippen molar-refractivity contribution in [2.45, 2.75) is 45.2 Å². The number of nitrogens with zero attached hydrogens (tertiary/aromatic N) is 1. The molecule has 23 heavy (non-hydrogen) atoms. The normalized spacial score (nSPS) is 14.4. The van der Waals surface area contributed by atoms with Crippen LogP contribution in [0.15, 0.2) is 41.8 Å². The van der Waals surface area contributed by atoms with Gasteiger partial charge in [0.05, 0.1) is 6.54 Å². The molecule has 1 aliphatic carbocycles. The maximum Gasteiger partial charge on any atom is 0.238 e. The molecule has 1 N–H and O–H groups in total. The Morgan fingerprint density at radius 2 is 2.04 bits per heavy atom. The molecule has 1 amide bonds. The molecule has 2 aromatic rings. The van der Waals surface area contributed by atoms with Crippen LogP contribution >= 0.6 is 11.3 Å². The fraction of sp³-hybridized carbons (Fsp3) is 0.421. The number of thiophene rings is 1. The van der Waals surface area contributed by atoms with Crippen LogP contribution < -0.4 is 5.32 Å². The second-order valence-electron chi connectivity index (χ2n) is 6.51. The Balaban J connectivity index is 1.63. The quantitative estimate of drug-likeness (QED) is 0.813. The third kappa shape index (κ3) is 4.43. The summed E-state index contributed by atoms with van der Waals surface area (Å²) in [5.41, 5.74) is 2.14. The summed E-state index contributed by atoms with van der Waals surface area (Å²) in [7, 11) is 0. The Bertz CT molecular complexity index is 647. The number of amides is 1. The standard InChI is InChI=1S/C19H24N2OS/c1-14(2)17-7-3-4-8-18(17)20-19(22)13-21(15-9-10-15)12-16-6-5-11-23-16/h3-8,11,14-15H,9-10,12-13H2,1-2H3,(H,20,22). The number of carbonyl (C=O) groups excluding carboxylic acids is 1. The number of carbonyl (C=O) groups is 1. The molecular formula is C19H24N2OS. The molecular weight excluding hydrogens is 304 g/mol. The minimum absolute atomic E-state index is 0.0848. The Hall–Kier alpha value is -1.65. The highest BCUT2D eigenvalue weighted by Crippen LogP contribution is 2.29. The summed E-state index contributed by atoms with van der Waals surface area (Å²) in [5.74, 6) is 0.485. The third-order valence-electron chi connectivity index (χ3n) is 4.21. The van der Waals surface area contributed by atoms with Crippen LogP contribution in [0.4, 0.5) is 5.69 Å². The van der Waals surface area contributed by atoms with Crippen LogP contribution in [0.5, 0.6) is 0 Å². The van der Waals surface area contributed by atoms with Crippen LogP contribution in [0.1, 0.15) is 43.0 Å². The van der Waals surface area contributed by atoms with E-state index in [0.29, 0.717) is 18.5 Å². The van der Waals surface area contributed by atoms with Gasteiger partial charge in [-0.25, -0.2) is 0 Å². The molecule has 1 aromatic carbocycles. The van der Waals surface area contributed by atoms with E-state index in [1.807, 2.05) is 18.2 Å². The molecule has 1 aliphatic rings. The molecule has 122 valence electrons. The first-order chi connectivity index (χ1) is 11.1. The number of hydrogen-bond donors (Lipinski definition) is 1. The van der Waals surface area contributed by atoms with E-state index in [0.717, 1.165) is 12.2 Å². The Morgan fingerprint density at radius 1 is 1.26 bits per heavy atom. The van der Waals surface area contributed by atoms with Gasteiger partial charge in [-0.3, -0.25) is 9.69 Å². The molecule has 0 bridgehead atoms. The first-order valence-electron chi connectivity index (χ1n) is 8.28. The second kappa shape index (κ2) is 7.28. The molecule has 1 fully saturated rings. The van der Waals surface area contributed by atoms with Crippen molar-refractivity contribution in [1.82, 2.24) is 4.90 Å². The lowest BCUT2D eigenvalue weighted by Crippen LogP contribution is -2.34. The van der Waals surface area contributed by atoms with Crippen LogP contribution in [-0.2, 0) is 11.3 Å². The van der Waals surface area contributed by atoms with Crippen molar-refractivity contribution in [3.8, 4) is 0 Å². The van der Waals surface area contributed by atoms with Gasteiger partial charge in [-0.05, 0) is 41.8 Å². The minimum atomic E-state index is 0.0848. The summed E-state index contributed by atoms with van der Waals surface area (Å²) >= 11 is 1.76. The van der Waals surface area contributed by atoms with E-state index in [4.69, 9.17) is 0 Å². The molecule has 1 saturated carbocycles. The van der Waals surface area contributed by atoms with Gasteiger partial charge in [0.1, 0.15) is 0 Å². The molecule has 4 heteroatoms. The summed E-state index contributed by atoms with van der Waals surface area (Å²) < 4.78 is 0. The zero-order valence-corrected chi connectivity index (χ0v) is 14.6. The van der Waals surface area contributed by atoms with Crippen molar-refractivity contribution in [2.24, 2.45) is 0 Å². The van der Waals surface area contributed by atoms with Crippen molar-refractivity contribution >= 4 is 22.9 Å². The Labute approximate surface area is 142 Å². The lowest BCUT2D eigenvalue weighted by molar-refractivity contribution is -0.117. The molecule has 0 radical (unpaired) electrons. The van der Waals surface area contributed by atoms with E-state index in [9.17, 15) is 4.79 Å². The van der Waals surface area contributed by atoms with Crippen LogP contribution in [0.3, 0.4) is 0 Å². The highest BCUT2D eigenvalue weighted by Gasteiger charge is 2.30. The lowest BCUT2D eigenvalue weighted by Gasteiger charge is -2.21. The van der Waals surface area contributed by atoms with E-state index < -0.39 is 0 Å². The fourth-order valence-corrected chi connectivity index (χ4v) is 3.57. The number of anilines is 1. The van der Waals surface area contributed by atoms with Crippen molar-refractivity contribution in [2.75, 3.05) is 11.9 Å². The van der Waals surface area contributed by atoms with Gasteiger partial charge in [0.15, 0.2) is 0 Å². The van der Waals surface area contributed by atoms with Gasteiger partial charge in [0.25, 0.3) is 0 Å². The molecule has 0 spiro atoms. The molecule has 0 unspecified atom stereocenters. The first-order valence-corrected chi connectivity index (χ1v) is 9.16. The summed E-state index contributed by atoms with van der Waals surface area (Å²) in [4.78, 5) is 16.1. The predicted octanol–water partition coefficient (Wildman–Crippen LogP) is 4.47. The summed E-state index contributed by atoms with van der Waals surface area (Å²) in [6.07, 6.45) is 2.42. The Morgan fingerprint density at radius 3 is 2.70 bits per heavy atom. The second-order valence-corrected chi connectivity index (χ2v) is 7.54. The molecule has 3 nitrogen and oxygen atoms in total. The van der Waals surface area contributed by atoms with Crippen molar-refractivity contribution in [3.05, 3.63) is 52.2 Å². The molecule has 1 heterocycles. The van der Waals surface area contributed by atoms with Gasteiger partial charge < -0.3 is 5.32 Å². The molecule has 0 saturated heterocycles. The third-order valence-corrected chi connectivity index (χ3v) is 5.07. The van der Waals surface area contributed by atoms with Crippen LogP contribution in [0, 0.1) is 0 Å². The SMILES string of the molecule is CC(C)c1ccccc1NC(=O)CN(Cc1cccs1)C1CC1. The summed E-state index contributed by atoms with van der Waals surface area (Å²) in [6, 6.07) is 12.9. The van der Waals surface area contributed by atoms with Crippen molar-refractivity contribution < 1.29 is 4.79 Å². The van der Waals surface area contributed by atoms with Gasteiger partial charge in [0.2, 0.25) is 5.91 Å². The maximum absolute atomic E-state index is 12.5. The molecule has 3 rings (SSSR count). The topological polar surface area (TPSA) is 32.3 Å². The number of para-hydroxylation sites is 1. The number of nitrogens with one attached hydrogen (secondary N) is 1. The average molecular weight is 328 g/mol. The monoisotopic (exact) mass is 328 g/mol. The van der Waals surface area contributed by atoms with Gasteiger partial charge in [-0.2, -0.15) is 0 Å². The summed E-state index contributed by atoms with van der Waals surface area (Å²) in [5, 5.41) is 5.20. The van der Waals surface area contributed by atoms with Gasteiger partial charge in [-0.15, -0.1) is 11.3 Å². The van der Waals surface area contributed by atoms with E-state index in [-0.39, 0.29) is 5.91 Å². The molecule has 0 atom stereocenters. The van der Waals surface area contributed by atoms with E-state index in [1.54, 1.807) is 11.3 Å². The zero-order valence-electron chi connectivity index (χ0n) is 13.8. The van der Waals surface area contributed by atoms with E-state index in [1.165, 1.54) is 23.3 Å². The highest BCUT2D eigenvalue weighted by molar-refractivity contribution is 7.09. The lowest BCUT2D eigenvalue weighted by atomic mass is 10.0. The van der Waals surface area contributed by atoms with Gasteiger partial charge in [-0.1, -0.05) is 38.1 Å². The van der Waals surface area contributed by atoms with Crippen LogP contribution in [-0.4, -0.2) is 23.4 Å². The van der Waals surface area contributed by atoms with Crippen molar-refractivity contribution in [3.63, 3.8) is 0 Å². The van der Waals surface area contributed by atoms with Crippen LogP contribution in [0.2, 0.25) is 0 Å².